The van der Waals surface area contributed by atoms with Crippen LogP contribution < -0.4 is 15.9 Å². The maximum absolute atomic E-state index is 11.5. The van der Waals surface area contributed by atoms with E-state index < -0.39 is 0 Å². The summed E-state index contributed by atoms with van der Waals surface area (Å²) in [6.45, 7) is 4.96. The van der Waals surface area contributed by atoms with Crippen molar-refractivity contribution in [3.63, 3.8) is 0 Å². The molecule has 6 nitrogen and oxygen atoms in total. The molecule has 0 aliphatic carbocycles. The van der Waals surface area contributed by atoms with Gasteiger partial charge in [0.25, 0.3) is 11.5 Å². The zero-order valence-electron chi connectivity index (χ0n) is 8.72. The van der Waals surface area contributed by atoms with E-state index in [-0.39, 0.29) is 5.56 Å². The third kappa shape index (κ3) is 1.98. The van der Waals surface area contributed by atoms with Crippen LogP contribution in [-0.4, -0.2) is 21.5 Å². The van der Waals surface area contributed by atoms with Gasteiger partial charge in [-0.15, -0.1) is 0 Å². The molecule has 2 heterocycles. The Morgan fingerprint density at radius 3 is 3.13 bits per heavy atom. The Kier molecular flexibility index (Phi) is 2.40. The molecule has 0 aromatic carbocycles. The number of hydrogen-bond donors (Lipinski definition) is 3. The van der Waals surface area contributed by atoms with Gasteiger partial charge in [-0.3, -0.25) is 14.8 Å². The molecule has 0 bridgehead atoms. The highest BCUT2D eigenvalue weighted by Crippen LogP contribution is 2.01. The van der Waals surface area contributed by atoms with Gasteiger partial charge in [-0.25, -0.2) is 4.98 Å². The number of H-pyrrole nitrogens is 3. The lowest BCUT2D eigenvalue weighted by Crippen LogP contribution is -2.17. The molecule has 0 saturated carbocycles. The van der Waals surface area contributed by atoms with Crippen molar-refractivity contribution in [3.05, 3.63) is 16.7 Å². The smallest absolute Gasteiger partial charge is 0.309 e. The van der Waals surface area contributed by atoms with Crippen LogP contribution in [0.5, 0.6) is 0 Å². The summed E-state index contributed by atoms with van der Waals surface area (Å²) in [7, 11) is 0. The molecule has 0 fully saturated rings. The number of imidazole rings is 1. The molecule has 0 atom stereocenters. The number of nitrogens with one attached hydrogen (secondary N) is 4. The molecule has 0 spiro atoms. The summed E-state index contributed by atoms with van der Waals surface area (Å²) in [6, 6.07) is 0. The van der Waals surface area contributed by atoms with E-state index in [4.69, 9.17) is 0 Å². The van der Waals surface area contributed by atoms with Crippen molar-refractivity contribution in [1.82, 2.24) is 15.0 Å². The van der Waals surface area contributed by atoms with E-state index >= 15 is 0 Å². The summed E-state index contributed by atoms with van der Waals surface area (Å²) < 4.78 is 0. The van der Waals surface area contributed by atoms with Crippen LogP contribution >= 0.6 is 0 Å². The van der Waals surface area contributed by atoms with Gasteiger partial charge < -0.3 is 5.32 Å². The van der Waals surface area contributed by atoms with E-state index in [1.807, 2.05) is 0 Å². The predicted octanol–water partition coefficient (Wildman–Crippen LogP) is 0.133. The van der Waals surface area contributed by atoms with Crippen molar-refractivity contribution in [2.45, 2.75) is 13.8 Å². The predicted molar refractivity (Wildman–Crippen MR) is 56.6 cm³/mol. The van der Waals surface area contributed by atoms with Crippen LogP contribution in [0.25, 0.3) is 11.2 Å². The topological polar surface area (TPSA) is 87.7 Å². The molecule has 80 valence electrons. The number of fused-ring (bicyclic) bond motifs is 1. The molecule has 0 unspecified atom stereocenters. The molecular weight excluding hydrogens is 194 g/mol. The highest BCUT2D eigenvalue weighted by Gasteiger charge is 2.11. The minimum absolute atomic E-state index is 0.174. The Labute approximate surface area is 86.2 Å². The Bertz CT molecular complexity index is 512. The maximum Gasteiger partial charge on any atom is 0.309 e. The quantitative estimate of drug-likeness (QED) is 0.670. The van der Waals surface area contributed by atoms with Gasteiger partial charge in [0, 0.05) is 6.54 Å². The summed E-state index contributed by atoms with van der Waals surface area (Å²) in [6.07, 6.45) is 1.58. The van der Waals surface area contributed by atoms with Crippen molar-refractivity contribution in [3.8, 4) is 0 Å². The van der Waals surface area contributed by atoms with Crippen molar-refractivity contribution < 1.29 is 4.98 Å². The summed E-state index contributed by atoms with van der Waals surface area (Å²) in [5, 5.41) is 3.07. The molecule has 6 heteroatoms. The van der Waals surface area contributed by atoms with E-state index in [0.717, 1.165) is 6.54 Å². The van der Waals surface area contributed by atoms with Crippen molar-refractivity contribution in [1.29, 1.82) is 0 Å². The van der Waals surface area contributed by atoms with Gasteiger partial charge in [-0.1, -0.05) is 18.8 Å². The number of aromatic nitrogens is 4. The summed E-state index contributed by atoms with van der Waals surface area (Å²) in [4.78, 5) is 24.0. The first kappa shape index (κ1) is 9.70. The minimum Gasteiger partial charge on any atom is -0.341 e. The van der Waals surface area contributed by atoms with Crippen molar-refractivity contribution >= 4 is 17.1 Å². The van der Waals surface area contributed by atoms with E-state index in [1.165, 1.54) is 0 Å². The van der Waals surface area contributed by atoms with Gasteiger partial charge in [0.15, 0.2) is 6.33 Å². The first-order valence-corrected chi connectivity index (χ1v) is 4.90. The second-order valence-electron chi connectivity index (χ2n) is 3.85. The van der Waals surface area contributed by atoms with Gasteiger partial charge >= 0.3 is 5.65 Å². The molecule has 0 aliphatic rings. The Hall–Kier alpha value is -1.85. The highest BCUT2D eigenvalue weighted by atomic mass is 16.1. The molecule has 0 amide bonds. The first-order valence-electron chi connectivity index (χ1n) is 4.90. The number of nitrogens with zero attached hydrogens (tertiary/aromatic N) is 1. The van der Waals surface area contributed by atoms with E-state index in [1.54, 1.807) is 6.33 Å². The third-order valence-electron chi connectivity index (χ3n) is 2.02. The number of rotatable bonds is 3. The fourth-order valence-electron chi connectivity index (χ4n) is 1.27. The second-order valence-corrected chi connectivity index (χ2v) is 3.85. The molecule has 2 aromatic heterocycles. The zero-order valence-corrected chi connectivity index (χ0v) is 8.72. The molecular formula is C9H14N5O+. The molecule has 0 radical (unpaired) electrons. The van der Waals surface area contributed by atoms with Gasteiger partial charge in [0.2, 0.25) is 5.52 Å². The van der Waals surface area contributed by atoms with Gasteiger partial charge in [-0.05, 0) is 5.92 Å². The average Bonchev–Trinajstić information content (AvgIpc) is 2.63. The first-order chi connectivity index (χ1) is 7.16. The zero-order chi connectivity index (χ0) is 10.8. The van der Waals surface area contributed by atoms with Crippen LogP contribution in [0.15, 0.2) is 11.1 Å². The normalized spacial score (nSPS) is 11.1. The fraction of sp³-hybridized carbons (Fsp3) is 0.444. The van der Waals surface area contributed by atoms with Crippen molar-refractivity contribution in [2.75, 3.05) is 11.9 Å². The molecule has 2 rings (SSSR count). The number of anilines is 1. The van der Waals surface area contributed by atoms with Crippen LogP contribution in [0.1, 0.15) is 13.8 Å². The fourth-order valence-corrected chi connectivity index (χ4v) is 1.27. The van der Waals surface area contributed by atoms with Crippen molar-refractivity contribution in [2.24, 2.45) is 5.92 Å². The number of aromatic amines is 3. The highest BCUT2D eigenvalue weighted by molar-refractivity contribution is 5.65. The summed E-state index contributed by atoms with van der Waals surface area (Å²) in [5.41, 5.74) is 0.850. The lowest BCUT2D eigenvalue weighted by atomic mass is 10.2. The van der Waals surface area contributed by atoms with Gasteiger partial charge in [0.05, 0.1) is 0 Å². The van der Waals surface area contributed by atoms with Crippen LogP contribution in [0.3, 0.4) is 0 Å². The van der Waals surface area contributed by atoms with Crippen LogP contribution in [0, 0.1) is 5.92 Å². The molecule has 4 N–H and O–H groups in total. The summed E-state index contributed by atoms with van der Waals surface area (Å²) in [5.74, 6) is 0.998. The lowest BCUT2D eigenvalue weighted by Gasteiger charge is -2.04. The largest absolute Gasteiger partial charge is 0.341 e. The maximum atomic E-state index is 11.5. The third-order valence-corrected chi connectivity index (χ3v) is 2.02. The minimum atomic E-state index is -0.174. The van der Waals surface area contributed by atoms with Crippen LogP contribution in [-0.2, 0) is 0 Å². The molecule has 0 saturated heterocycles. The van der Waals surface area contributed by atoms with Crippen LogP contribution in [0.2, 0.25) is 0 Å². The second kappa shape index (κ2) is 3.72. The molecule has 2 aromatic rings. The van der Waals surface area contributed by atoms with Gasteiger partial charge in [0.1, 0.15) is 0 Å². The lowest BCUT2D eigenvalue weighted by molar-refractivity contribution is -0.347. The number of hydrogen-bond acceptors (Lipinski definition) is 3. The Morgan fingerprint density at radius 1 is 1.60 bits per heavy atom. The molecule has 0 aliphatic heterocycles. The van der Waals surface area contributed by atoms with Gasteiger partial charge in [-0.2, -0.15) is 0 Å². The molecule has 15 heavy (non-hydrogen) atoms. The Morgan fingerprint density at radius 2 is 2.40 bits per heavy atom. The Balaban J connectivity index is 2.33. The average molecular weight is 208 g/mol. The van der Waals surface area contributed by atoms with E-state index in [0.29, 0.717) is 23.0 Å². The summed E-state index contributed by atoms with van der Waals surface area (Å²) >= 11 is 0. The van der Waals surface area contributed by atoms with E-state index in [2.05, 4.69) is 39.1 Å². The monoisotopic (exact) mass is 208 g/mol. The SMILES string of the molecule is CC(C)CNc1nc2[nH+]c[nH]c2c(=O)[nH]1. The van der Waals surface area contributed by atoms with E-state index in [9.17, 15) is 4.79 Å². The standard InChI is InChI=1S/C9H13N5O/c1-5(2)3-10-9-13-7-6(8(15)14-9)11-4-12-7/h4-5H,3H2,1-2H3,(H3,10,11,12,13,14,15)/p+1. The van der Waals surface area contributed by atoms with Crippen LogP contribution in [0.4, 0.5) is 5.95 Å².